The van der Waals surface area contributed by atoms with Gasteiger partial charge in [0.05, 0.1) is 6.10 Å². The number of allylic oxidation sites excluding steroid dienone is 2. The highest BCUT2D eigenvalue weighted by Crippen LogP contribution is 2.34. The molecule has 2 heteroatoms. The minimum Gasteiger partial charge on any atom is -0.388 e. The van der Waals surface area contributed by atoms with E-state index in [1.165, 1.54) is 16.5 Å². The van der Waals surface area contributed by atoms with E-state index in [2.05, 4.69) is 30.0 Å². The van der Waals surface area contributed by atoms with Crippen LogP contribution in [-0.2, 0) is 0 Å². The topological polar surface area (TPSA) is 20.2 Å². The summed E-state index contributed by atoms with van der Waals surface area (Å²) in [5.41, 5.74) is 2.56. The second-order valence-electron chi connectivity index (χ2n) is 3.42. The number of hydrogen-bond acceptors (Lipinski definition) is 1. The van der Waals surface area contributed by atoms with Crippen molar-refractivity contribution in [1.29, 1.82) is 0 Å². The van der Waals surface area contributed by atoms with Gasteiger partial charge in [0, 0.05) is 5.92 Å². The summed E-state index contributed by atoms with van der Waals surface area (Å²) < 4.78 is 0. The average molecular weight is 184 g/mol. The molecule has 0 amide bonds. The molecule has 3 unspecified atom stereocenters. The molecule has 1 aliphatic carbocycles. The number of hydrogen-bond donors (Lipinski definition) is 1. The summed E-state index contributed by atoms with van der Waals surface area (Å²) >= 11 is 0. The number of aliphatic hydroxyl groups excluding tert-OH is 1. The van der Waals surface area contributed by atoms with E-state index in [1.54, 1.807) is 0 Å². The zero-order valence-electron chi connectivity index (χ0n) is 7.96. The van der Waals surface area contributed by atoms with E-state index in [-0.39, 0.29) is 12.0 Å². The lowest BCUT2D eigenvalue weighted by Crippen LogP contribution is -2.21. The molecule has 0 bridgehead atoms. The minimum absolute atomic E-state index is 0.271. The van der Waals surface area contributed by atoms with Crippen molar-refractivity contribution < 1.29 is 5.11 Å². The van der Waals surface area contributed by atoms with Crippen LogP contribution in [0, 0.1) is 5.92 Å². The van der Waals surface area contributed by atoms with Crippen LogP contribution in [0.25, 0.3) is 0 Å². The molecule has 0 aromatic carbocycles. The summed E-state index contributed by atoms with van der Waals surface area (Å²) in [6.07, 6.45) is 2.68. The third-order valence-electron chi connectivity index (χ3n) is 2.72. The fourth-order valence-electron chi connectivity index (χ4n) is 1.50. The summed E-state index contributed by atoms with van der Waals surface area (Å²) in [4.78, 5) is 0. The zero-order chi connectivity index (χ0) is 9.30. The predicted molar refractivity (Wildman–Crippen MR) is 56.0 cm³/mol. The van der Waals surface area contributed by atoms with Crippen molar-refractivity contribution in [2.45, 2.75) is 33.3 Å². The van der Waals surface area contributed by atoms with E-state index in [1.807, 2.05) is 6.08 Å². The van der Waals surface area contributed by atoms with Crippen LogP contribution in [0.1, 0.15) is 27.2 Å². The van der Waals surface area contributed by atoms with E-state index in [0.29, 0.717) is 0 Å². The Kier molecular flexibility index (Phi) is 3.09. The lowest BCUT2D eigenvalue weighted by molar-refractivity contribution is 0.176. The second-order valence-corrected chi connectivity index (χ2v) is 4.00. The van der Waals surface area contributed by atoms with Crippen LogP contribution in [-0.4, -0.2) is 11.2 Å². The van der Waals surface area contributed by atoms with Gasteiger partial charge in [0.1, 0.15) is 0 Å². The molecule has 0 saturated carbocycles. The van der Waals surface area contributed by atoms with Crippen molar-refractivity contribution in [1.82, 2.24) is 0 Å². The van der Waals surface area contributed by atoms with Gasteiger partial charge in [0.25, 0.3) is 0 Å². The maximum Gasteiger partial charge on any atom is 0.0789 e. The fraction of sp³-hybridized carbons (Fsp3) is 0.600. The number of aliphatic hydroxyl groups is 1. The van der Waals surface area contributed by atoms with Crippen LogP contribution >= 0.6 is 9.24 Å². The highest BCUT2D eigenvalue weighted by molar-refractivity contribution is 7.23. The molecule has 0 radical (unpaired) electrons. The molecular formula is C10H17OP. The first-order valence-corrected chi connectivity index (χ1v) is 5.01. The van der Waals surface area contributed by atoms with Crippen LogP contribution in [0.3, 0.4) is 0 Å². The molecule has 12 heavy (non-hydrogen) atoms. The lowest BCUT2D eigenvalue weighted by Gasteiger charge is -2.26. The monoisotopic (exact) mass is 184 g/mol. The third-order valence-corrected chi connectivity index (χ3v) is 3.55. The molecule has 1 N–H and O–H groups in total. The van der Waals surface area contributed by atoms with Crippen molar-refractivity contribution in [2.24, 2.45) is 5.92 Å². The Morgan fingerprint density at radius 2 is 2.17 bits per heavy atom. The maximum atomic E-state index is 9.65. The maximum absolute atomic E-state index is 9.65. The molecule has 0 heterocycles. The molecule has 0 fully saturated rings. The van der Waals surface area contributed by atoms with Crippen molar-refractivity contribution in [3.05, 3.63) is 22.5 Å². The molecule has 3 atom stereocenters. The molecule has 1 nitrogen and oxygen atoms in total. The first kappa shape index (κ1) is 9.95. The largest absolute Gasteiger partial charge is 0.388 e. The van der Waals surface area contributed by atoms with E-state index in [4.69, 9.17) is 0 Å². The highest BCUT2D eigenvalue weighted by atomic mass is 31.0. The van der Waals surface area contributed by atoms with Crippen LogP contribution in [0.4, 0.5) is 0 Å². The predicted octanol–water partition coefficient (Wildman–Crippen LogP) is 2.48. The first-order valence-electron chi connectivity index (χ1n) is 4.43. The quantitative estimate of drug-likeness (QED) is 0.621. The Hall–Kier alpha value is -0.130. The molecular weight excluding hydrogens is 167 g/mol. The van der Waals surface area contributed by atoms with Crippen molar-refractivity contribution in [2.75, 3.05) is 0 Å². The molecule has 0 aliphatic heterocycles. The van der Waals surface area contributed by atoms with Crippen LogP contribution in [0.2, 0.25) is 0 Å². The van der Waals surface area contributed by atoms with Crippen molar-refractivity contribution in [3.8, 4) is 0 Å². The van der Waals surface area contributed by atoms with Crippen LogP contribution in [0.15, 0.2) is 22.5 Å². The van der Waals surface area contributed by atoms with Gasteiger partial charge in [-0.1, -0.05) is 25.5 Å². The Morgan fingerprint density at radius 1 is 1.58 bits per heavy atom. The van der Waals surface area contributed by atoms with Gasteiger partial charge >= 0.3 is 0 Å². The molecule has 68 valence electrons. The fourth-order valence-corrected chi connectivity index (χ4v) is 2.07. The third kappa shape index (κ3) is 1.62. The molecule has 1 aliphatic rings. The summed E-state index contributed by atoms with van der Waals surface area (Å²) in [5.74, 6) is 0.271. The van der Waals surface area contributed by atoms with Gasteiger partial charge in [-0.05, 0) is 24.2 Å². The normalized spacial score (nSPS) is 30.6. The average Bonchev–Trinajstić information content (AvgIpc) is 2.08. The molecule has 0 aromatic rings. The van der Waals surface area contributed by atoms with Gasteiger partial charge in [-0.3, -0.25) is 0 Å². The van der Waals surface area contributed by atoms with Gasteiger partial charge in [-0.25, -0.2) is 0 Å². The van der Waals surface area contributed by atoms with Crippen LogP contribution < -0.4 is 0 Å². The molecule has 0 saturated heterocycles. The van der Waals surface area contributed by atoms with E-state index in [0.717, 1.165) is 6.42 Å². The summed E-state index contributed by atoms with van der Waals surface area (Å²) in [6.45, 7) is 6.28. The molecule has 0 spiro atoms. The van der Waals surface area contributed by atoms with E-state index >= 15 is 0 Å². The molecule has 0 aromatic heterocycles. The Labute approximate surface area is 76.8 Å². The summed E-state index contributed by atoms with van der Waals surface area (Å²) in [5, 5.41) is 10.9. The smallest absolute Gasteiger partial charge is 0.0789 e. The van der Waals surface area contributed by atoms with Crippen molar-refractivity contribution >= 4 is 9.24 Å². The number of rotatable bonds is 1. The minimum atomic E-state index is -0.288. The van der Waals surface area contributed by atoms with E-state index in [9.17, 15) is 5.11 Å². The zero-order valence-corrected chi connectivity index (χ0v) is 9.12. The SMILES string of the molecule is CCC1=CC(O)C(C)C(C)=C1P. The summed E-state index contributed by atoms with van der Waals surface area (Å²) in [7, 11) is 2.77. The Bertz CT molecular complexity index is 240. The van der Waals surface area contributed by atoms with Crippen LogP contribution in [0.5, 0.6) is 0 Å². The Balaban J connectivity index is 3.00. The van der Waals surface area contributed by atoms with Gasteiger partial charge in [0.2, 0.25) is 0 Å². The van der Waals surface area contributed by atoms with Gasteiger partial charge in [-0.2, -0.15) is 0 Å². The van der Waals surface area contributed by atoms with Gasteiger partial charge in [-0.15, -0.1) is 9.24 Å². The van der Waals surface area contributed by atoms with E-state index < -0.39 is 0 Å². The Morgan fingerprint density at radius 3 is 2.67 bits per heavy atom. The molecule has 1 rings (SSSR count). The van der Waals surface area contributed by atoms with Gasteiger partial charge < -0.3 is 5.11 Å². The highest BCUT2D eigenvalue weighted by Gasteiger charge is 2.21. The summed E-state index contributed by atoms with van der Waals surface area (Å²) in [6, 6.07) is 0. The van der Waals surface area contributed by atoms with Crippen molar-refractivity contribution in [3.63, 3.8) is 0 Å². The first-order chi connectivity index (χ1) is 5.57. The standard InChI is InChI=1S/C10H17OP/c1-4-8-5-9(11)6(2)7(3)10(8)12/h5-6,9,11H,4,12H2,1-3H3. The lowest BCUT2D eigenvalue weighted by atomic mass is 9.87. The second kappa shape index (κ2) is 3.72. The van der Waals surface area contributed by atoms with Gasteiger partial charge in [0.15, 0.2) is 0 Å².